The highest BCUT2D eigenvalue weighted by atomic mass is 16.5. The molecule has 0 saturated carbocycles. The number of nitrogen functional groups attached to an aromatic ring is 1. The number of aromatic nitrogens is 4. The standard InChI is InChI=1S/C25H29N7O2/c1-2-32-16-21(23(30-32)17-3-5-18(26)6-4-17)19-7-8-27-24-20(19)15-22(29-24)25(33)28-9-10-31-11-13-34-14-12-31/h3-8,15-16H,2,9-14,26H2,1H3,(H,27,29)(H,28,33). The van der Waals surface area contributed by atoms with Gasteiger partial charge < -0.3 is 20.8 Å². The third-order valence-electron chi connectivity index (χ3n) is 6.15. The number of ether oxygens (including phenoxy) is 1. The molecule has 1 aromatic carbocycles. The van der Waals surface area contributed by atoms with Crippen molar-refractivity contribution >= 4 is 22.6 Å². The Morgan fingerprint density at radius 3 is 2.74 bits per heavy atom. The summed E-state index contributed by atoms with van der Waals surface area (Å²) in [4.78, 5) is 22.8. The number of amides is 1. The summed E-state index contributed by atoms with van der Waals surface area (Å²) in [6.45, 7) is 7.49. The fourth-order valence-corrected chi connectivity index (χ4v) is 4.27. The summed E-state index contributed by atoms with van der Waals surface area (Å²) in [5, 5.41) is 8.69. The van der Waals surface area contributed by atoms with Crippen molar-refractivity contribution < 1.29 is 9.53 Å². The third-order valence-corrected chi connectivity index (χ3v) is 6.15. The molecule has 0 atom stereocenters. The Kier molecular flexibility index (Phi) is 6.29. The Labute approximate surface area is 197 Å². The molecule has 0 spiro atoms. The first-order valence-corrected chi connectivity index (χ1v) is 11.6. The van der Waals surface area contributed by atoms with E-state index >= 15 is 0 Å². The van der Waals surface area contributed by atoms with Crippen LogP contribution in [0.2, 0.25) is 0 Å². The summed E-state index contributed by atoms with van der Waals surface area (Å²) < 4.78 is 7.29. The van der Waals surface area contributed by atoms with E-state index in [1.54, 1.807) is 6.20 Å². The van der Waals surface area contributed by atoms with Crippen LogP contribution in [0.1, 0.15) is 17.4 Å². The number of hydrogen-bond donors (Lipinski definition) is 3. The summed E-state index contributed by atoms with van der Waals surface area (Å²) in [6, 6.07) is 11.5. The van der Waals surface area contributed by atoms with Gasteiger partial charge in [0.2, 0.25) is 0 Å². The van der Waals surface area contributed by atoms with Crippen LogP contribution in [0.4, 0.5) is 5.69 Å². The van der Waals surface area contributed by atoms with Crippen molar-refractivity contribution in [3.8, 4) is 22.4 Å². The van der Waals surface area contributed by atoms with Crippen LogP contribution in [-0.2, 0) is 11.3 Å². The largest absolute Gasteiger partial charge is 0.399 e. The molecule has 0 radical (unpaired) electrons. The highest BCUT2D eigenvalue weighted by molar-refractivity contribution is 6.03. The number of anilines is 1. The van der Waals surface area contributed by atoms with Gasteiger partial charge in [-0.15, -0.1) is 0 Å². The normalized spacial score (nSPS) is 14.5. The molecule has 34 heavy (non-hydrogen) atoms. The SMILES string of the molecule is CCn1cc(-c2ccnc3[nH]c(C(=O)NCCN4CCOCC4)cc23)c(-c2ccc(N)cc2)n1. The molecule has 0 aliphatic carbocycles. The predicted molar refractivity (Wildman–Crippen MR) is 132 cm³/mol. The van der Waals surface area contributed by atoms with Crippen molar-refractivity contribution in [2.45, 2.75) is 13.5 Å². The number of benzene rings is 1. The fourth-order valence-electron chi connectivity index (χ4n) is 4.27. The monoisotopic (exact) mass is 459 g/mol. The molecule has 1 aliphatic rings. The van der Waals surface area contributed by atoms with E-state index in [4.69, 9.17) is 15.6 Å². The first-order chi connectivity index (χ1) is 16.6. The minimum Gasteiger partial charge on any atom is -0.399 e. The van der Waals surface area contributed by atoms with Gasteiger partial charge in [0.25, 0.3) is 5.91 Å². The second-order valence-electron chi connectivity index (χ2n) is 8.38. The van der Waals surface area contributed by atoms with E-state index in [1.165, 1.54) is 0 Å². The van der Waals surface area contributed by atoms with Gasteiger partial charge in [0, 0.05) is 67.3 Å². The number of aryl methyl sites for hydroxylation is 1. The van der Waals surface area contributed by atoms with Gasteiger partial charge in [0.1, 0.15) is 17.0 Å². The summed E-state index contributed by atoms with van der Waals surface area (Å²) in [7, 11) is 0. The highest BCUT2D eigenvalue weighted by Gasteiger charge is 2.19. The summed E-state index contributed by atoms with van der Waals surface area (Å²) >= 11 is 0. The lowest BCUT2D eigenvalue weighted by Gasteiger charge is -2.26. The Bertz CT molecular complexity index is 1290. The van der Waals surface area contributed by atoms with Gasteiger partial charge in [-0.3, -0.25) is 14.4 Å². The number of rotatable bonds is 7. The van der Waals surface area contributed by atoms with Crippen molar-refractivity contribution in [1.82, 2.24) is 30.0 Å². The van der Waals surface area contributed by atoms with Crippen molar-refractivity contribution in [1.29, 1.82) is 0 Å². The molecule has 9 nitrogen and oxygen atoms in total. The molecular weight excluding hydrogens is 430 g/mol. The van der Waals surface area contributed by atoms with E-state index < -0.39 is 0 Å². The summed E-state index contributed by atoms with van der Waals surface area (Å²) in [5.41, 5.74) is 11.6. The number of carbonyl (C=O) groups is 1. The highest BCUT2D eigenvalue weighted by Crippen LogP contribution is 2.35. The topological polar surface area (TPSA) is 114 Å². The number of pyridine rings is 1. The smallest absolute Gasteiger partial charge is 0.267 e. The van der Waals surface area contributed by atoms with Crippen LogP contribution in [0.15, 0.2) is 48.8 Å². The minimum absolute atomic E-state index is 0.139. The third kappa shape index (κ3) is 4.52. The van der Waals surface area contributed by atoms with Gasteiger partial charge in [0.15, 0.2) is 0 Å². The molecule has 0 unspecified atom stereocenters. The van der Waals surface area contributed by atoms with Crippen molar-refractivity contribution in [2.24, 2.45) is 0 Å². The van der Waals surface area contributed by atoms with Crippen LogP contribution in [0.5, 0.6) is 0 Å². The van der Waals surface area contributed by atoms with Gasteiger partial charge in [-0.1, -0.05) is 12.1 Å². The van der Waals surface area contributed by atoms with Crippen molar-refractivity contribution in [3.63, 3.8) is 0 Å². The van der Waals surface area contributed by atoms with Crippen molar-refractivity contribution in [2.75, 3.05) is 45.1 Å². The van der Waals surface area contributed by atoms with Gasteiger partial charge in [-0.2, -0.15) is 5.10 Å². The number of H-pyrrole nitrogens is 1. The number of fused-ring (bicyclic) bond motifs is 1. The first kappa shape index (κ1) is 22.1. The van der Waals surface area contributed by atoms with Gasteiger partial charge in [0.05, 0.1) is 13.2 Å². The lowest BCUT2D eigenvalue weighted by molar-refractivity contribution is 0.0383. The zero-order valence-corrected chi connectivity index (χ0v) is 19.3. The zero-order valence-electron chi connectivity index (χ0n) is 19.3. The molecule has 4 heterocycles. The van der Waals surface area contributed by atoms with E-state index in [0.29, 0.717) is 23.6 Å². The Balaban J connectivity index is 1.42. The van der Waals surface area contributed by atoms with E-state index in [0.717, 1.165) is 67.2 Å². The van der Waals surface area contributed by atoms with E-state index in [1.807, 2.05) is 47.3 Å². The Hall–Kier alpha value is -3.69. The van der Waals surface area contributed by atoms with Crippen LogP contribution in [0.25, 0.3) is 33.4 Å². The average molecular weight is 460 g/mol. The van der Waals surface area contributed by atoms with Gasteiger partial charge in [-0.25, -0.2) is 4.98 Å². The quantitative estimate of drug-likeness (QED) is 0.366. The number of nitrogens with zero attached hydrogens (tertiary/aromatic N) is 4. The first-order valence-electron chi connectivity index (χ1n) is 11.6. The molecule has 5 rings (SSSR count). The van der Waals surface area contributed by atoms with Crippen molar-refractivity contribution in [3.05, 3.63) is 54.5 Å². The maximum atomic E-state index is 12.8. The molecule has 4 aromatic rings. The Morgan fingerprint density at radius 1 is 1.18 bits per heavy atom. The summed E-state index contributed by atoms with van der Waals surface area (Å²) in [5.74, 6) is -0.139. The van der Waals surface area contributed by atoms with E-state index in [9.17, 15) is 4.79 Å². The molecule has 4 N–H and O–H groups in total. The lowest BCUT2D eigenvalue weighted by Crippen LogP contribution is -2.41. The maximum absolute atomic E-state index is 12.8. The zero-order chi connectivity index (χ0) is 23.5. The summed E-state index contributed by atoms with van der Waals surface area (Å²) in [6.07, 6.45) is 3.79. The van der Waals surface area contributed by atoms with Crippen LogP contribution in [-0.4, -0.2) is 69.9 Å². The molecule has 3 aromatic heterocycles. The lowest BCUT2D eigenvalue weighted by atomic mass is 10.00. The van der Waals surface area contributed by atoms with E-state index in [-0.39, 0.29) is 5.91 Å². The fraction of sp³-hybridized carbons (Fsp3) is 0.320. The molecule has 1 fully saturated rings. The number of nitrogens with one attached hydrogen (secondary N) is 2. The molecule has 1 saturated heterocycles. The second-order valence-corrected chi connectivity index (χ2v) is 8.38. The number of morpholine rings is 1. The average Bonchev–Trinajstić information content (AvgIpc) is 3.50. The molecule has 9 heteroatoms. The molecule has 0 bridgehead atoms. The minimum atomic E-state index is -0.139. The molecule has 1 aliphatic heterocycles. The maximum Gasteiger partial charge on any atom is 0.267 e. The molecule has 176 valence electrons. The Morgan fingerprint density at radius 2 is 1.97 bits per heavy atom. The van der Waals surface area contributed by atoms with Gasteiger partial charge >= 0.3 is 0 Å². The predicted octanol–water partition coefficient (Wildman–Crippen LogP) is 2.76. The van der Waals surface area contributed by atoms with Crippen LogP contribution >= 0.6 is 0 Å². The number of nitrogens with two attached hydrogens (primary N) is 1. The van der Waals surface area contributed by atoms with Crippen LogP contribution in [0, 0.1) is 0 Å². The number of aromatic amines is 1. The van der Waals surface area contributed by atoms with Gasteiger partial charge in [-0.05, 0) is 36.8 Å². The molecular formula is C25H29N7O2. The number of carbonyl (C=O) groups excluding carboxylic acids is 1. The van der Waals surface area contributed by atoms with Crippen LogP contribution in [0.3, 0.4) is 0 Å². The second kappa shape index (κ2) is 9.66. The van der Waals surface area contributed by atoms with E-state index in [2.05, 4.69) is 27.1 Å². The van der Waals surface area contributed by atoms with Crippen LogP contribution < -0.4 is 11.1 Å². The molecule has 1 amide bonds. The number of hydrogen-bond acceptors (Lipinski definition) is 6.